The topological polar surface area (TPSA) is 27.6 Å². The highest BCUT2D eigenvalue weighted by atomic mass is 35.5. The smallest absolute Gasteiger partial charge is 0.151 e. The van der Waals surface area contributed by atoms with Gasteiger partial charge in [0.05, 0.1) is 5.41 Å². The molecule has 136 valence electrons. The van der Waals surface area contributed by atoms with Crippen LogP contribution in [0.25, 0.3) is 0 Å². The van der Waals surface area contributed by atoms with Crippen LogP contribution < -0.4 is 5.43 Å². The molecule has 2 aliphatic rings. The number of amidine groups is 1. The van der Waals surface area contributed by atoms with Crippen LogP contribution in [0.15, 0.2) is 47.6 Å². The van der Waals surface area contributed by atoms with Crippen LogP contribution in [0, 0.1) is 0 Å². The Morgan fingerprint density at radius 3 is 2.23 bits per heavy atom. The van der Waals surface area contributed by atoms with Gasteiger partial charge in [0.15, 0.2) is 5.66 Å². The number of hydrazone groups is 1. The fourth-order valence-electron chi connectivity index (χ4n) is 4.02. The van der Waals surface area contributed by atoms with Crippen molar-refractivity contribution in [3.8, 4) is 0 Å². The van der Waals surface area contributed by atoms with E-state index in [0.29, 0.717) is 10.0 Å². The first kappa shape index (κ1) is 18.0. The molecule has 4 rings (SSSR count). The summed E-state index contributed by atoms with van der Waals surface area (Å²) in [4.78, 5) is 2.20. The molecule has 3 nitrogen and oxygen atoms in total. The number of nitrogens with zero attached hydrogens (tertiary/aromatic N) is 2. The summed E-state index contributed by atoms with van der Waals surface area (Å²) in [5, 5.41) is 6.78. The number of nitrogens with one attached hydrogen (secondary N) is 1. The molecule has 1 atom stereocenters. The molecule has 0 saturated heterocycles. The third kappa shape index (κ3) is 2.60. The second-order valence-electron chi connectivity index (χ2n) is 7.25. The molecule has 0 amide bonds. The van der Waals surface area contributed by atoms with Crippen molar-refractivity contribution in [2.45, 2.75) is 37.3 Å². The van der Waals surface area contributed by atoms with E-state index < -0.39 is 5.66 Å². The number of hydrogen-bond donors (Lipinski definition) is 1. The zero-order valence-electron chi connectivity index (χ0n) is 14.7. The van der Waals surface area contributed by atoms with Gasteiger partial charge in [0.2, 0.25) is 0 Å². The maximum absolute atomic E-state index is 6.49. The highest BCUT2D eigenvalue weighted by Gasteiger charge is 2.51. The lowest BCUT2D eigenvalue weighted by Gasteiger charge is -2.46. The van der Waals surface area contributed by atoms with Gasteiger partial charge in [-0.2, -0.15) is 5.10 Å². The maximum atomic E-state index is 6.49. The van der Waals surface area contributed by atoms with Crippen molar-refractivity contribution in [3.63, 3.8) is 0 Å². The largest absolute Gasteiger partial charge is 0.333 e. The van der Waals surface area contributed by atoms with Gasteiger partial charge in [-0.15, -0.1) is 0 Å². The van der Waals surface area contributed by atoms with E-state index in [1.807, 2.05) is 24.3 Å². The summed E-state index contributed by atoms with van der Waals surface area (Å²) in [5.74, 6) is 1.04. The third-order valence-electron chi connectivity index (χ3n) is 5.86. The summed E-state index contributed by atoms with van der Waals surface area (Å²) in [6.07, 6.45) is 3.34. The molecule has 1 heterocycles. The lowest BCUT2D eigenvalue weighted by molar-refractivity contribution is 0.192. The van der Waals surface area contributed by atoms with Crippen LogP contribution in [0.4, 0.5) is 0 Å². The van der Waals surface area contributed by atoms with Crippen molar-refractivity contribution in [3.05, 3.63) is 68.7 Å². The fraction of sp³-hybridized carbons (Fsp3) is 0.350. The van der Waals surface area contributed by atoms with Gasteiger partial charge >= 0.3 is 0 Å². The van der Waals surface area contributed by atoms with E-state index in [0.717, 1.165) is 29.3 Å². The first-order valence-electron chi connectivity index (χ1n) is 8.68. The lowest BCUT2D eigenvalue weighted by Crippen LogP contribution is -2.54. The fourth-order valence-corrected chi connectivity index (χ4v) is 4.74. The summed E-state index contributed by atoms with van der Waals surface area (Å²) in [6, 6.07) is 13.7. The zero-order chi connectivity index (χ0) is 18.5. The van der Waals surface area contributed by atoms with E-state index >= 15 is 0 Å². The summed E-state index contributed by atoms with van der Waals surface area (Å²) in [7, 11) is 2.07. The van der Waals surface area contributed by atoms with Crippen molar-refractivity contribution in [1.82, 2.24) is 10.3 Å². The van der Waals surface area contributed by atoms with E-state index in [1.165, 1.54) is 12.0 Å². The Kier molecular flexibility index (Phi) is 4.37. The van der Waals surface area contributed by atoms with Gasteiger partial charge in [-0.25, -0.2) is 0 Å². The van der Waals surface area contributed by atoms with Crippen LogP contribution in [-0.4, -0.2) is 17.8 Å². The molecule has 6 heteroatoms. The minimum Gasteiger partial charge on any atom is -0.333 e. The van der Waals surface area contributed by atoms with E-state index in [-0.39, 0.29) is 5.41 Å². The summed E-state index contributed by atoms with van der Waals surface area (Å²) in [5.41, 5.74) is 4.93. The van der Waals surface area contributed by atoms with Gasteiger partial charge < -0.3 is 4.90 Å². The first-order valence-corrected chi connectivity index (χ1v) is 9.81. The number of hydrogen-bond acceptors (Lipinski definition) is 3. The number of rotatable bonds is 3. The van der Waals surface area contributed by atoms with Gasteiger partial charge in [0.25, 0.3) is 0 Å². The van der Waals surface area contributed by atoms with Crippen molar-refractivity contribution in [2.24, 2.45) is 5.10 Å². The second kappa shape index (κ2) is 6.33. The van der Waals surface area contributed by atoms with Gasteiger partial charge in [-0.1, -0.05) is 59.4 Å². The van der Waals surface area contributed by atoms with E-state index in [1.54, 1.807) is 6.07 Å². The molecule has 1 saturated carbocycles. The van der Waals surface area contributed by atoms with Crippen LogP contribution in [0.5, 0.6) is 0 Å². The van der Waals surface area contributed by atoms with Gasteiger partial charge in [0.1, 0.15) is 5.84 Å². The Morgan fingerprint density at radius 2 is 1.65 bits per heavy atom. The first-order chi connectivity index (χ1) is 12.4. The molecule has 1 fully saturated rings. The molecule has 0 aromatic heterocycles. The lowest BCUT2D eigenvalue weighted by atomic mass is 9.63. The van der Waals surface area contributed by atoms with Crippen LogP contribution >= 0.6 is 34.8 Å². The van der Waals surface area contributed by atoms with Gasteiger partial charge in [-0.3, -0.25) is 5.43 Å². The number of halogens is 3. The van der Waals surface area contributed by atoms with E-state index in [9.17, 15) is 0 Å². The number of benzene rings is 2. The average Bonchev–Trinajstić information content (AvgIpc) is 2.85. The molecule has 0 radical (unpaired) electrons. The molecule has 26 heavy (non-hydrogen) atoms. The van der Waals surface area contributed by atoms with Crippen LogP contribution in [0.1, 0.15) is 37.3 Å². The predicted molar refractivity (Wildman–Crippen MR) is 109 cm³/mol. The minimum atomic E-state index is -0.522. The average molecular weight is 409 g/mol. The molecule has 0 bridgehead atoms. The normalized spacial score (nSPS) is 24.0. The quantitative estimate of drug-likeness (QED) is 0.696. The molecule has 1 unspecified atom stereocenters. The number of likely N-dealkylation sites (N-methyl/N-ethyl adjacent to an activating group) is 1. The van der Waals surface area contributed by atoms with Gasteiger partial charge in [0, 0.05) is 27.7 Å². The maximum Gasteiger partial charge on any atom is 0.151 e. The van der Waals surface area contributed by atoms with E-state index in [4.69, 9.17) is 39.9 Å². The molecule has 1 aliphatic heterocycles. The Labute approximate surface area is 168 Å². The molecule has 2 aromatic carbocycles. The van der Waals surface area contributed by atoms with Crippen molar-refractivity contribution >= 4 is 40.6 Å². The molecule has 1 N–H and O–H groups in total. The third-order valence-corrected chi connectivity index (χ3v) is 6.66. The van der Waals surface area contributed by atoms with Crippen molar-refractivity contribution in [1.29, 1.82) is 0 Å². The van der Waals surface area contributed by atoms with Crippen LogP contribution in [0.3, 0.4) is 0 Å². The standard InChI is InChI=1S/C20H20Cl3N3/c1-19(16-9-8-15(22)12-17(16)23)25-24-18(26(19)2)20(10-3-11-20)13-4-6-14(21)7-5-13/h4-9,12,25H,3,10-11H2,1-2H3. The SMILES string of the molecule is CN1C(C2(c3ccc(Cl)cc3)CCC2)=NNC1(C)c1ccc(Cl)cc1Cl. The molecular weight excluding hydrogens is 389 g/mol. The van der Waals surface area contributed by atoms with Gasteiger partial charge in [-0.05, 0) is 49.6 Å². The van der Waals surface area contributed by atoms with Crippen molar-refractivity contribution in [2.75, 3.05) is 7.05 Å². The second-order valence-corrected chi connectivity index (χ2v) is 8.53. The summed E-state index contributed by atoms with van der Waals surface area (Å²) < 4.78 is 0. The summed E-state index contributed by atoms with van der Waals surface area (Å²) >= 11 is 18.7. The Balaban J connectivity index is 1.72. The van der Waals surface area contributed by atoms with Crippen LogP contribution in [0.2, 0.25) is 15.1 Å². The molecule has 2 aromatic rings. The Bertz CT molecular complexity index is 874. The highest BCUT2D eigenvalue weighted by molar-refractivity contribution is 6.35. The Hall–Kier alpha value is -1.42. The van der Waals surface area contributed by atoms with Crippen LogP contribution in [-0.2, 0) is 11.1 Å². The summed E-state index contributed by atoms with van der Waals surface area (Å²) in [6.45, 7) is 2.09. The zero-order valence-corrected chi connectivity index (χ0v) is 17.0. The molecule has 0 spiro atoms. The molecular formula is C20H20Cl3N3. The monoisotopic (exact) mass is 407 g/mol. The Morgan fingerprint density at radius 1 is 1.00 bits per heavy atom. The minimum absolute atomic E-state index is 0.0804. The van der Waals surface area contributed by atoms with E-state index in [2.05, 4.69) is 36.4 Å². The molecule has 1 aliphatic carbocycles. The predicted octanol–water partition coefficient (Wildman–Crippen LogP) is 5.79. The van der Waals surface area contributed by atoms with Crippen molar-refractivity contribution < 1.29 is 0 Å². The highest BCUT2D eigenvalue weighted by Crippen LogP contribution is 2.49.